The van der Waals surface area contributed by atoms with Crippen molar-refractivity contribution in [2.24, 2.45) is 0 Å². The number of carbonyl (C=O) groups is 1. The highest BCUT2D eigenvalue weighted by atomic mass is 16.5. The molecular formula is C23H31N5O3. The average Bonchev–Trinajstić information content (AvgIpc) is 3.24. The Morgan fingerprint density at radius 2 is 1.97 bits per heavy atom. The first kappa shape index (κ1) is 21.4. The molecule has 1 fully saturated rings. The van der Waals surface area contributed by atoms with E-state index < -0.39 is 6.10 Å². The molecule has 1 saturated heterocycles. The van der Waals surface area contributed by atoms with E-state index in [9.17, 15) is 9.90 Å². The van der Waals surface area contributed by atoms with Crippen molar-refractivity contribution in [2.75, 3.05) is 51.3 Å². The van der Waals surface area contributed by atoms with Crippen molar-refractivity contribution in [3.63, 3.8) is 0 Å². The fraction of sp³-hybridized carbons (Fsp3) is 0.478. The SMILES string of the molecule is COc1ccccc1N1CCN(C[C@H](O)CCNC(=O)N2Cc3cccnc3C2)CC1. The Hall–Kier alpha value is -2.84. The Morgan fingerprint density at radius 3 is 2.74 bits per heavy atom. The van der Waals surface area contributed by atoms with Crippen molar-refractivity contribution in [2.45, 2.75) is 25.6 Å². The maximum Gasteiger partial charge on any atom is 0.318 e. The predicted molar refractivity (Wildman–Crippen MR) is 119 cm³/mol. The normalized spacial score (nSPS) is 17.4. The molecule has 0 bridgehead atoms. The molecule has 0 spiro atoms. The molecule has 2 aliphatic rings. The molecule has 0 unspecified atom stereocenters. The van der Waals surface area contributed by atoms with Crippen LogP contribution in [0.15, 0.2) is 42.6 Å². The first-order chi connectivity index (χ1) is 15.1. The molecule has 0 radical (unpaired) electrons. The number of aliphatic hydroxyl groups excluding tert-OH is 1. The minimum Gasteiger partial charge on any atom is -0.495 e. The van der Waals surface area contributed by atoms with Crippen LogP contribution in [0.4, 0.5) is 10.5 Å². The van der Waals surface area contributed by atoms with Gasteiger partial charge in [0, 0.05) is 52.0 Å². The highest BCUT2D eigenvalue weighted by Gasteiger charge is 2.24. The summed E-state index contributed by atoms with van der Waals surface area (Å²) in [6.07, 6.45) is 1.83. The van der Waals surface area contributed by atoms with Gasteiger partial charge in [0.25, 0.3) is 0 Å². The molecule has 1 aromatic carbocycles. The molecule has 166 valence electrons. The van der Waals surface area contributed by atoms with Crippen LogP contribution in [0.25, 0.3) is 0 Å². The van der Waals surface area contributed by atoms with Gasteiger partial charge in [0.05, 0.1) is 31.1 Å². The lowest BCUT2D eigenvalue weighted by Crippen LogP contribution is -2.49. The molecule has 8 nitrogen and oxygen atoms in total. The van der Waals surface area contributed by atoms with Crippen LogP contribution in [0.5, 0.6) is 5.75 Å². The van der Waals surface area contributed by atoms with Crippen molar-refractivity contribution in [1.29, 1.82) is 0 Å². The molecule has 2 amide bonds. The number of β-amino-alcohol motifs (C(OH)–C–C–N with tert-alkyl or cyclic N) is 1. The number of aromatic nitrogens is 1. The van der Waals surface area contributed by atoms with Gasteiger partial charge in [0.2, 0.25) is 0 Å². The summed E-state index contributed by atoms with van der Waals surface area (Å²) in [6, 6.07) is 11.9. The Bertz CT molecular complexity index is 860. The van der Waals surface area contributed by atoms with Gasteiger partial charge < -0.3 is 25.0 Å². The number of amides is 2. The standard InChI is InChI=1S/C23H31N5O3/c1-31-22-7-3-2-6-21(22)27-13-11-26(12-14-27)16-19(29)8-10-25-23(30)28-15-18-5-4-9-24-20(18)17-28/h2-7,9,19,29H,8,10-17H2,1H3,(H,25,30)/t19-/m1/s1. The number of urea groups is 1. The van der Waals surface area contributed by atoms with E-state index in [0.717, 1.165) is 48.9 Å². The van der Waals surface area contributed by atoms with Gasteiger partial charge in [0.15, 0.2) is 0 Å². The first-order valence-corrected chi connectivity index (χ1v) is 10.9. The second kappa shape index (κ2) is 9.98. The average molecular weight is 426 g/mol. The summed E-state index contributed by atoms with van der Waals surface area (Å²) < 4.78 is 5.47. The highest BCUT2D eigenvalue weighted by Crippen LogP contribution is 2.28. The van der Waals surface area contributed by atoms with Gasteiger partial charge in [-0.2, -0.15) is 0 Å². The number of hydrogen-bond donors (Lipinski definition) is 2. The number of benzene rings is 1. The maximum atomic E-state index is 12.4. The van der Waals surface area contributed by atoms with Crippen molar-refractivity contribution in [3.8, 4) is 5.75 Å². The summed E-state index contributed by atoms with van der Waals surface area (Å²) in [5, 5.41) is 13.4. The van der Waals surface area contributed by atoms with Crippen molar-refractivity contribution in [3.05, 3.63) is 53.9 Å². The molecule has 8 heteroatoms. The second-order valence-electron chi connectivity index (χ2n) is 8.10. The third-order valence-corrected chi connectivity index (χ3v) is 5.99. The third-order valence-electron chi connectivity index (χ3n) is 5.99. The van der Waals surface area contributed by atoms with Crippen molar-refractivity contribution >= 4 is 11.7 Å². The number of pyridine rings is 1. The fourth-order valence-electron chi connectivity index (χ4n) is 4.25. The van der Waals surface area contributed by atoms with E-state index in [1.54, 1.807) is 18.2 Å². The van der Waals surface area contributed by atoms with Crippen LogP contribution in [-0.2, 0) is 13.1 Å². The van der Waals surface area contributed by atoms with E-state index in [0.29, 0.717) is 32.6 Å². The van der Waals surface area contributed by atoms with Crippen LogP contribution in [0.2, 0.25) is 0 Å². The van der Waals surface area contributed by atoms with Gasteiger partial charge >= 0.3 is 6.03 Å². The van der Waals surface area contributed by atoms with Crippen LogP contribution in [0, 0.1) is 0 Å². The van der Waals surface area contributed by atoms with E-state index in [-0.39, 0.29) is 6.03 Å². The molecule has 1 aromatic heterocycles. The number of methoxy groups -OCH3 is 1. The molecule has 1 atom stereocenters. The van der Waals surface area contributed by atoms with Gasteiger partial charge in [-0.25, -0.2) is 4.79 Å². The summed E-state index contributed by atoms with van der Waals surface area (Å²) >= 11 is 0. The third kappa shape index (κ3) is 5.26. The minimum absolute atomic E-state index is 0.101. The Balaban J connectivity index is 1.15. The number of nitrogens with one attached hydrogen (secondary N) is 1. The molecular weight excluding hydrogens is 394 g/mol. The molecule has 4 rings (SSSR count). The number of ether oxygens (including phenoxy) is 1. The van der Waals surface area contributed by atoms with Crippen molar-refractivity contribution < 1.29 is 14.6 Å². The van der Waals surface area contributed by atoms with Crippen LogP contribution < -0.4 is 15.0 Å². The van der Waals surface area contributed by atoms with Gasteiger partial charge in [0.1, 0.15) is 5.75 Å². The Kier molecular flexibility index (Phi) is 6.89. The summed E-state index contributed by atoms with van der Waals surface area (Å²) in [5.74, 6) is 0.892. The lowest BCUT2D eigenvalue weighted by Gasteiger charge is -2.37. The quantitative estimate of drug-likeness (QED) is 0.703. The summed E-state index contributed by atoms with van der Waals surface area (Å²) in [6.45, 7) is 5.78. The number of piperazine rings is 1. The Morgan fingerprint density at radius 1 is 1.16 bits per heavy atom. The van der Waals surface area contributed by atoms with Crippen LogP contribution in [0.1, 0.15) is 17.7 Å². The number of para-hydroxylation sites is 2. The lowest BCUT2D eigenvalue weighted by atomic mass is 10.2. The van der Waals surface area contributed by atoms with Gasteiger partial charge in [-0.15, -0.1) is 0 Å². The molecule has 2 N–H and O–H groups in total. The zero-order valence-corrected chi connectivity index (χ0v) is 18.0. The molecule has 31 heavy (non-hydrogen) atoms. The van der Waals surface area contributed by atoms with Gasteiger partial charge in [-0.3, -0.25) is 9.88 Å². The topological polar surface area (TPSA) is 81.2 Å². The smallest absolute Gasteiger partial charge is 0.318 e. The van der Waals surface area contributed by atoms with E-state index >= 15 is 0 Å². The lowest BCUT2D eigenvalue weighted by molar-refractivity contribution is 0.102. The second-order valence-corrected chi connectivity index (χ2v) is 8.10. The monoisotopic (exact) mass is 425 g/mol. The van der Waals surface area contributed by atoms with E-state index in [1.165, 1.54) is 0 Å². The number of fused-ring (bicyclic) bond motifs is 1. The van der Waals surface area contributed by atoms with Crippen molar-refractivity contribution in [1.82, 2.24) is 20.1 Å². The number of hydrogen-bond acceptors (Lipinski definition) is 6. The minimum atomic E-state index is -0.462. The molecule has 0 aliphatic carbocycles. The number of rotatable bonds is 7. The fourth-order valence-corrected chi connectivity index (χ4v) is 4.25. The zero-order chi connectivity index (χ0) is 21.6. The van der Waals surface area contributed by atoms with E-state index in [4.69, 9.17) is 4.74 Å². The molecule has 2 aliphatic heterocycles. The number of anilines is 1. The zero-order valence-electron chi connectivity index (χ0n) is 18.0. The van der Waals surface area contributed by atoms with Crippen LogP contribution in [-0.4, -0.2) is 78.4 Å². The summed E-state index contributed by atoms with van der Waals surface area (Å²) in [7, 11) is 1.70. The van der Waals surface area contributed by atoms with Crippen LogP contribution in [0.3, 0.4) is 0 Å². The summed E-state index contributed by atoms with van der Waals surface area (Å²) in [4.78, 5) is 23.1. The maximum absolute atomic E-state index is 12.4. The molecule has 2 aromatic rings. The van der Waals surface area contributed by atoms with Gasteiger partial charge in [-0.1, -0.05) is 18.2 Å². The Labute approximate surface area is 183 Å². The van der Waals surface area contributed by atoms with E-state index in [2.05, 4.69) is 26.2 Å². The van der Waals surface area contributed by atoms with Crippen LogP contribution >= 0.6 is 0 Å². The first-order valence-electron chi connectivity index (χ1n) is 10.9. The number of carbonyl (C=O) groups excluding carboxylic acids is 1. The number of aliphatic hydroxyl groups is 1. The largest absolute Gasteiger partial charge is 0.495 e. The number of nitrogens with zero attached hydrogens (tertiary/aromatic N) is 4. The van der Waals surface area contributed by atoms with Gasteiger partial charge in [-0.05, 0) is 30.2 Å². The highest BCUT2D eigenvalue weighted by molar-refractivity contribution is 5.74. The molecule has 0 saturated carbocycles. The predicted octanol–water partition coefficient (Wildman–Crippen LogP) is 1.69. The molecule has 3 heterocycles. The summed E-state index contributed by atoms with van der Waals surface area (Å²) in [5.41, 5.74) is 3.18. The van der Waals surface area contributed by atoms with E-state index in [1.807, 2.05) is 30.3 Å².